The van der Waals surface area contributed by atoms with E-state index in [1.807, 2.05) is 24.4 Å². The van der Waals surface area contributed by atoms with Gasteiger partial charge in [0.05, 0.1) is 7.11 Å². The maximum absolute atomic E-state index is 5.57. The first-order valence-electron chi connectivity index (χ1n) is 12.9. The van der Waals surface area contributed by atoms with Crippen LogP contribution in [0.5, 0.6) is 5.75 Å². The van der Waals surface area contributed by atoms with E-state index in [1.54, 1.807) is 7.11 Å². The van der Waals surface area contributed by atoms with Crippen LogP contribution in [-0.4, -0.2) is 55.2 Å². The number of methoxy groups -OCH3 is 1. The van der Waals surface area contributed by atoms with Gasteiger partial charge >= 0.3 is 0 Å². The topological polar surface area (TPSA) is 44.4 Å². The molecule has 5 nitrogen and oxygen atoms in total. The molecule has 0 aliphatic carbocycles. The molecule has 37 heavy (non-hydrogen) atoms. The van der Waals surface area contributed by atoms with Gasteiger partial charge < -0.3 is 19.5 Å². The van der Waals surface area contributed by atoms with Crippen molar-refractivity contribution in [1.82, 2.24) is 14.9 Å². The summed E-state index contributed by atoms with van der Waals surface area (Å²) in [5, 5.41) is 2.34. The Morgan fingerprint density at radius 3 is 2.46 bits per heavy atom. The number of ether oxygens (including phenoxy) is 1. The molecule has 1 aliphatic heterocycles. The smallest absolute Gasteiger partial charge is 0.138 e. The molecule has 3 heterocycles. The van der Waals surface area contributed by atoms with Crippen LogP contribution in [0.4, 0.5) is 5.69 Å². The number of aromatic nitrogens is 2. The molecule has 5 heteroatoms. The van der Waals surface area contributed by atoms with E-state index >= 15 is 0 Å². The van der Waals surface area contributed by atoms with Crippen LogP contribution in [0.15, 0.2) is 79.0 Å². The van der Waals surface area contributed by atoms with Crippen molar-refractivity contribution >= 4 is 39.3 Å². The standard InChI is InChI=1S/C32H32N4O/c1-22(20-25-6-4-5-7-30(25)37-3)27-14-15-33-32-31(27)28-21-24(10-13-29(28)34-32)23-8-11-26(12-9-23)36-18-16-35(2)17-19-36/h4-15,20-21H,16-19H2,1-3H3,(H,33,34). The van der Waals surface area contributed by atoms with Crippen molar-refractivity contribution in [3.8, 4) is 16.9 Å². The fourth-order valence-corrected chi connectivity index (χ4v) is 5.35. The number of fused-ring (bicyclic) bond motifs is 3. The summed E-state index contributed by atoms with van der Waals surface area (Å²) in [6.07, 6.45) is 4.07. The van der Waals surface area contributed by atoms with Gasteiger partial charge in [0.2, 0.25) is 0 Å². The van der Waals surface area contributed by atoms with E-state index in [2.05, 4.69) is 94.4 Å². The summed E-state index contributed by atoms with van der Waals surface area (Å²) in [6.45, 7) is 6.53. The maximum atomic E-state index is 5.57. The van der Waals surface area contributed by atoms with Gasteiger partial charge in [-0.3, -0.25) is 0 Å². The Hall–Kier alpha value is -4.09. The number of aromatic amines is 1. The molecule has 0 radical (unpaired) electrons. The van der Waals surface area contributed by atoms with Gasteiger partial charge in [0, 0.05) is 59.9 Å². The molecule has 0 amide bonds. The van der Waals surface area contributed by atoms with Crippen molar-refractivity contribution in [2.75, 3.05) is 45.2 Å². The number of anilines is 1. The number of hydrogen-bond donors (Lipinski definition) is 1. The molecule has 1 saturated heterocycles. The van der Waals surface area contributed by atoms with Crippen LogP contribution in [0.1, 0.15) is 18.1 Å². The second-order valence-corrected chi connectivity index (χ2v) is 9.87. The van der Waals surface area contributed by atoms with Crippen molar-refractivity contribution in [2.45, 2.75) is 6.92 Å². The van der Waals surface area contributed by atoms with Gasteiger partial charge in [0.15, 0.2) is 0 Å². The Bertz CT molecular complexity index is 1590. The minimum atomic E-state index is 0.869. The zero-order chi connectivity index (χ0) is 25.4. The molecule has 0 saturated carbocycles. The lowest BCUT2D eigenvalue weighted by atomic mass is 9.98. The number of H-pyrrole nitrogens is 1. The van der Waals surface area contributed by atoms with E-state index in [1.165, 1.54) is 33.3 Å². The van der Waals surface area contributed by atoms with Crippen LogP contribution in [0.3, 0.4) is 0 Å². The Morgan fingerprint density at radius 2 is 1.68 bits per heavy atom. The summed E-state index contributed by atoms with van der Waals surface area (Å²) in [5.41, 5.74) is 9.13. The Kier molecular flexibility index (Phi) is 6.15. The highest BCUT2D eigenvalue weighted by molar-refractivity contribution is 6.12. The fraction of sp³-hybridized carbons (Fsp3) is 0.219. The van der Waals surface area contributed by atoms with Crippen LogP contribution in [0.2, 0.25) is 0 Å². The molecule has 3 aromatic carbocycles. The first kappa shape index (κ1) is 23.3. The number of likely N-dealkylation sites (N-methyl/N-ethyl adjacent to an activating group) is 1. The zero-order valence-corrected chi connectivity index (χ0v) is 21.7. The predicted octanol–water partition coefficient (Wildman–Crippen LogP) is 6.70. The van der Waals surface area contributed by atoms with Gasteiger partial charge in [0.25, 0.3) is 0 Å². The summed E-state index contributed by atoms with van der Waals surface area (Å²) >= 11 is 0. The van der Waals surface area contributed by atoms with E-state index in [4.69, 9.17) is 4.74 Å². The molecular weight excluding hydrogens is 456 g/mol. The molecular formula is C32H32N4O. The largest absolute Gasteiger partial charge is 0.496 e. The van der Waals surface area contributed by atoms with Crippen molar-refractivity contribution in [2.24, 2.45) is 0 Å². The Balaban J connectivity index is 1.39. The zero-order valence-electron chi connectivity index (χ0n) is 21.7. The van der Waals surface area contributed by atoms with Crippen LogP contribution in [0, 0.1) is 0 Å². The van der Waals surface area contributed by atoms with E-state index < -0.39 is 0 Å². The molecule has 2 aromatic heterocycles. The van der Waals surface area contributed by atoms with Crippen molar-refractivity contribution in [3.05, 3.63) is 90.1 Å². The van der Waals surface area contributed by atoms with E-state index in [0.717, 1.165) is 54.0 Å². The highest BCUT2D eigenvalue weighted by atomic mass is 16.5. The molecule has 0 unspecified atom stereocenters. The normalized spacial score (nSPS) is 15.0. The summed E-state index contributed by atoms with van der Waals surface area (Å²) < 4.78 is 5.57. The predicted molar refractivity (Wildman–Crippen MR) is 155 cm³/mol. The number of para-hydroxylation sites is 1. The monoisotopic (exact) mass is 488 g/mol. The number of allylic oxidation sites excluding steroid dienone is 1. The molecule has 186 valence electrons. The second kappa shape index (κ2) is 9.75. The van der Waals surface area contributed by atoms with Crippen LogP contribution < -0.4 is 9.64 Å². The third-order valence-corrected chi connectivity index (χ3v) is 7.50. The SMILES string of the molecule is COc1ccccc1C=C(C)c1ccnc2[nH]c3ccc(-c4ccc(N5CCN(C)CC5)cc4)cc3c12. The highest BCUT2D eigenvalue weighted by Crippen LogP contribution is 2.35. The van der Waals surface area contributed by atoms with Gasteiger partial charge in [-0.05, 0) is 78.7 Å². The summed E-state index contributed by atoms with van der Waals surface area (Å²) in [4.78, 5) is 13.0. The van der Waals surface area contributed by atoms with Gasteiger partial charge in [-0.2, -0.15) is 0 Å². The first-order valence-corrected chi connectivity index (χ1v) is 12.9. The van der Waals surface area contributed by atoms with Crippen molar-refractivity contribution in [3.63, 3.8) is 0 Å². The Labute approximate surface area is 218 Å². The average Bonchev–Trinajstić information content (AvgIpc) is 3.32. The van der Waals surface area contributed by atoms with Crippen molar-refractivity contribution < 1.29 is 4.74 Å². The number of rotatable bonds is 5. The summed E-state index contributed by atoms with van der Waals surface area (Å²) in [6, 6.07) is 25.9. The van der Waals surface area contributed by atoms with Crippen LogP contribution in [0.25, 0.3) is 44.7 Å². The number of piperazine rings is 1. The lowest BCUT2D eigenvalue weighted by Gasteiger charge is -2.34. The number of hydrogen-bond acceptors (Lipinski definition) is 4. The molecule has 0 bridgehead atoms. The lowest BCUT2D eigenvalue weighted by Crippen LogP contribution is -2.44. The van der Waals surface area contributed by atoms with E-state index in [-0.39, 0.29) is 0 Å². The van der Waals surface area contributed by atoms with Gasteiger partial charge in [-0.25, -0.2) is 4.98 Å². The number of nitrogens with zero attached hydrogens (tertiary/aromatic N) is 3. The molecule has 0 spiro atoms. The minimum absolute atomic E-state index is 0.869. The number of pyridine rings is 1. The molecule has 0 atom stereocenters. The van der Waals surface area contributed by atoms with Gasteiger partial charge in [-0.15, -0.1) is 0 Å². The van der Waals surface area contributed by atoms with Crippen LogP contribution in [-0.2, 0) is 0 Å². The molecule has 1 aliphatic rings. The third-order valence-electron chi connectivity index (χ3n) is 7.50. The summed E-state index contributed by atoms with van der Waals surface area (Å²) in [7, 11) is 3.91. The third kappa shape index (κ3) is 4.47. The van der Waals surface area contributed by atoms with E-state index in [0.29, 0.717) is 0 Å². The molecule has 5 aromatic rings. The van der Waals surface area contributed by atoms with Gasteiger partial charge in [0.1, 0.15) is 11.4 Å². The van der Waals surface area contributed by atoms with E-state index in [9.17, 15) is 0 Å². The molecule has 6 rings (SSSR count). The second-order valence-electron chi connectivity index (χ2n) is 9.87. The van der Waals surface area contributed by atoms with Crippen LogP contribution >= 0.6 is 0 Å². The summed E-state index contributed by atoms with van der Waals surface area (Å²) in [5.74, 6) is 0.869. The quantitative estimate of drug-likeness (QED) is 0.299. The first-order chi connectivity index (χ1) is 18.1. The molecule has 1 fully saturated rings. The Morgan fingerprint density at radius 1 is 0.919 bits per heavy atom. The lowest BCUT2D eigenvalue weighted by molar-refractivity contribution is 0.313. The van der Waals surface area contributed by atoms with Crippen molar-refractivity contribution in [1.29, 1.82) is 0 Å². The van der Waals surface area contributed by atoms with Gasteiger partial charge in [-0.1, -0.05) is 36.4 Å². The highest BCUT2D eigenvalue weighted by Gasteiger charge is 2.15. The average molecular weight is 489 g/mol. The molecule has 1 N–H and O–H groups in total. The number of nitrogens with one attached hydrogen (secondary N) is 1. The maximum Gasteiger partial charge on any atom is 0.138 e. The minimum Gasteiger partial charge on any atom is -0.496 e. The fourth-order valence-electron chi connectivity index (χ4n) is 5.35. The number of benzene rings is 3.